The van der Waals surface area contributed by atoms with Crippen molar-refractivity contribution in [2.45, 2.75) is 13.8 Å². The second-order valence-electron chi connectivity index (χ2n) is 3.31. The summed E-state index contributed by atoms with van der Waals surface area (Å²) in [7, 11) is 1.37. The first kappa shape index (κ1) is 13.0. The summed E-state index contributed by atoms with van der Waals surface area (Å²) in [6.07, 6.45) is 0. The third kappa shape index (κ3) is 2.97. The molecule has 3 heteroatoms. The lowest BCUT2D eigenvalue weighted by atomic mass is 10.1. The smallest absolute Gasteiger partial charge is 0.337 e. The summed E-state index contributed by atoms with van der Waals surface area (Å²) < 4.78 is 4.65. The molecule has 0 heterocycles. The molecule has 3 nitrogen and oxygen atoms in total. The van der Waals surface area contributed by atoms with E-state index in [9.17, 15) is 4.79 Å². The van der Waals surface area contributed by atoms with Gasteiger partial charge in [-0.3, -0.25) is 0 Å². The quantitative estimate of drug-likeness (QED) is 0.605. The molecule has 0 aliphatic heterocycles. The minimum absolute atomic E-state index is 0.325. The molecule has 0 bridgehead atoms. The van der Waals surface area contributed by atoms with Crippen LogP contribution >= 0.6 is 0 Å². The zero-order valence-corrected chi connectivity index (χ0v) is 10.4. The van der Waals surface area contributed by atoms with Gasteiger partial charge in [-0.25, -0.2) is 4.79 Å². The van der Waals surface area contributed by atoms with Crippen molar-refractivity contribution in [2.24, 2.45) is 0 Å². The fourth-order valence-electron chi connectivity index (χ4n) is 1.51. The summed E-state index contributed by atoms with van der Waals surface area (Å²) in [6.45, 7) is 4.00. The van der Waals surface area contributed by atoms with Gasteiger partial charge < -0.3 is 10.5 Å². The lowest BCUT2D eigenvalue weighted by Crippen LogP contribution is -2.00. The largest absolute Gasteiger partial charge is 0.465 e. The standard InChI is InChI=1S/C12H11NO2.C2H6/c1-15-12(14)10-3-2-9-7-11(13)5-4-8(9)6-10;1-2/h2-7H,13H2,1H3;1-2H3. The molecule has 0 atom stereocenters. The van der Waals surface area contributed by atoms with Crippen LogP contribution in [0.15, 0.2) is 36.4 Å². The number of hydrogen-bond donors (Lipinski definition) is 1. The number of carbonyl (C=O) groups excluding carboxylic acids is 1. The third-order valence-corrected chi connectivity index (χ3v) is 2.29. The van der Waals surface area contributed by atoms with Gasteiger partial charge in [0.25, 0.3) is 0 Å². The van der Waals surface area contributed by atoms with Gasteiger partial charge in [0.2, 0.25) is 0 Å². The summed E-state index contributed by atoms with van der Waals surface area (Å²) >= 11 is 0. The minimum Gasteiger partial charge on any atom is -0.465 e. The van der Waals surface area contributed by atoms with Crippen LogP contribution in [0, 0.1) is 0 Å². The summed E-state index contributed by atoms with van der Waals surface area (Å²) in [5, 5.41) is 2.00. The van der Waals surface area contributed by atoms with Crippen LogP contribution in [-0.4, -0.2) is 13.1 Å². The van der Waals surface area contributed by atoms with Gasteiger partial charge in [0.05, 0.1) is 12.7 Å². The number of benzene rings is 2. The van der Waals surface area contributed by atoms with Gasteiger partial charge in [-0.15, -0.1) is 0 Å². The molecule has 2 aromatic carbocycles. The summed E-state index contributed by atoms with van der Waals surface area (Å²) in [4.78, 5) is 11.3. The zero-order chi connectivity index (χ0) is 12.8. The Hall–Kier alpha value is -2.03. The Morgan fingerprint density at radius 3 is 2.29 bits per heavy atom. The van der Waals surface area contributed by atoms with Crippen LogP contribution in [0.2, 0.25) is 0 Å². The van der Waals surface area contributed by atoms with E-state index in [1.807, 2.05) is 38.1 Å². The molecular formula is C14H17NO2. The van der Waals surface area contributed by atoms with Crippen LogP contribution < -0.4 is 5.73 Å². The molecule has 0 saturated carbocycles. The number of ether oxygens (including phenoxy) is 1. The van der Waals surface area contributed by atoms with Crippen molar-refractivity contribution in [3.63, 3.8) is 0 Å². The van der Waals surface area contributed by atoms with Crippen molar-refractivity contribution in [1.82, 2.24) is 0 Å². The van der Waals surface area contributed by atoms with Gasteiger partial charge in [-0.05, 0) is 35.0 Å². The van der Waals surface area contributed by atoms with Crippen molar-refractivity contribution < 1.29 is 9.53 Å². The first-order valence-corrected chi connectivity index (χ1v) is 5.58. The highest BCUT2D eigenvalue weighted by Gasteiger charge is 2.05. The van der Waals surface area contributed by atoms with E-state index in [1.54, 1.807) is 12.1 Å². The second-order valence-corrected chi connectivity index (χ2v) is 3.31. The fraction of sp³-hybridized carbons (Fsp3) is 0.214. The molecule has 0 amide bonds. The molecule has 0 spiro atoms. The van der Waals surface area contributed by atoms with Gasteiger partial charge in [-0.1, -0.05) is 26.0 Å². The van der Waals surface area contributed by atoms with E-state index >= 15 is 0 Å². The predicted molar refractivity (Wildman–Crippen MR) is 71.0 cm³/mol. The number of anilines is 1. The van der Waals surface area contributed by atoms with E-state index in [-0.39, 0.29) is 5.97 Å². The van der Waals surface area contributed by atoms with Crippen molar-refractivity contribution in [3.05, 3.63) is 42.0 Å². The third-order valence-electron chi connectivity index (χ3n) is 2.29. The number of hydrogen-bond acceptors (Lipinski definition) is 3. The number of nitrogens with two attached hydrogens (primary N) is 1. The second kappa shape index (κ2) is 5.89. The molecular weight excluding hydrogens is 214 g/mol. The number of carbonyl (C=O) groups is 1. The normalized spacial score (nSPS) is 9.35. The number of fused-ring (bicyclic) bond motifs is 1. The van der Waals surface area contributed by atoms with Crippen LogP contribution in [0.1, 0.15) is 24.2 Å². The number of esters is 1. The highest BCUT2D eigenvalue weighted by molar-refractivity contribution is 5.96. The highest BCUT2D eigenvalue weighted by atomic mass is 16.5. The molecule has 0 aliphatic rings. The average Bonchev–Trinajstić information content (AvgIpc) is 2.39. The van der Waals surface area contributed by atoms with Crippen LogP contribution in [0.3, 0.4) is 0 Å². The highest BCUT2D eigenvalue weighted by Crippen LogP contribution is 2.19. The number of rotatable bonds is 1. The Balaban J connectivity index is 0.000000686. The molecule has 0 fully saturated rings. The van der Waals surface area contributed by atoms with E-state index in [4.69, 9.17) is 5.73 Å². The van der Waals surface area contributed by atoms with Gasteiger partial charge in [0.15, 0.2) is 0 Å². The Kier molecular flexibility index (Phi) is 4.52. The van der Waals surface area contributed by atoms with E-state index in [0.717, 1.165) is 10.8 Å². The Morgan fingerprint density at radius 1 is 1.06 bits per heavy atom. The van der Waals surface area contributed by atoms with Gasteiger partial charge in [0.1, 0.15) is 0 Å². The maximum absolute atomic E-state index is 11.3. The van der Waals surface area contributed by atoms with E-state index in [1.165, 1.54) is 7.11 Å². The maximum Gasteiger partial charge on any atom is 0.337 e. The first-order chi connectivity index (χ1) is 8.20. The lowest BCUT2D eigenvalue weighted by molar-refractivity contribution is 0.0601. The topological polar surface area (TPSA) is 52.3 Å². The average molecular weight is 231 g/mol. The first-order valence-electron chi connectivity index (χ1n) is 5.58. The van der Waals surface area contributed by atoms with Crippen molar-refractivity contribution in [2.75, 3.05) is 12.8 Å². The molecule has 2 N–H and O–H groups in total. The molecule has 17 heavy (non-hydrogen) atoms. The Morgan fingerprint density at radius 2 is 1.65 bits per heavy atom. The molecule has 0 aromatic heterocycles. The van der Waals surface area contributed by atoms with Crippen LogP contribution in [0.4, 0.5) is 5.69 Å². The van der Waals surface area contributed by atoms with Crippen LogP contribution in [0.5, 0.6) is 0 Å². The van der Waals surface area contributed by atoms with Gasteiger partial charge >= 0.3 is 5.97 Å². The number of methoxy groups -OCH3 is 1. The van der Waals surface area contributed by atoms with Crippen LogP contribution in [0.25, 0.3) is 10.8 Å². The minimum atomic E-state index is -0.325. The van der Waals surface area contributed by atoms with Crippen molar-refractivity contribution in [3.8, 4) is 0 Å². The van der Waals surface area contributed by atoms with Gasteiger partial charge in [0, 0.05) is 5.69 Å². The predicted octanol–water partition coefficient (Wildman–Crippen LogP) is 3.23. The molecule has 0 unspecified atom stereocenters. The summed E-state index contributed by atoms with van der Waals surface area (Å²) in [5.41, 5.74) is 6.92. The Bertz CT molecular complexity index is 521. The maximum atomic E-state index is 11.3. The van der Waals surface area contributed by atoms with Gasteiger partial charge in [-0.2, -0.15) is 0 Å². The molecule has 0 radical (unpaired) electrons. The number of nitrogen functional groups attached to an aromatic ring is 1. The SMILES string of the molecule is CC.COC(=O)c1ccc2cc(N)ccc2c1. The zero-order valence-electron chi connectivity index (χ0n) is 10.4. The lowest BCUT2D eigenvalue weighted by Gasteiger charge is -2.02. The molecule has 0 saturated heterocycles. The fourth-order valence-corrected chi connectivity index (χ4v) is 1.51. The van der Waals surface area contributed by atoms with Crippen LogP contribution in [-0.2, 0) is 4.74 Å². The Labute approximate surface area is 101 Å². The molecule has 90 valence electrons. The van der Waals surface area contributed by atoms with Crippen molar-refractivity contribution >= 4 is 22.4 Å². The summed E-state index contributed by atoms with van der Waals surface area (Å²) in [6, 6.07) is 10.9. The molecule has 2 rings (SSSR count). The molecule has 2 aromatic rings. The molecule has 0 aliphatic carbocycles. The monoisotopic (exact) mass is 231 g/mol. The van der Waals surface area contributed by atoms with E-state index < -0.39 is 0 Å². The van der Waals surface area contributed by atoms with E-state index in [0.29, 0.717) is 11.3 Å². The van der Waals surface area contributed by atoms with E-state index in [2.05, 4.69) is 4.74 Å². The summed E-state index contributed by atoms with van der Waals surface area (Å²) in [5.74, 6) is -0.325. The van der Waals surface area contributed by atoms with Crippen molar-refractivity contribution in [1.29, 1.82) is 0 Å².